The lowest BCUT2D eigenvalue weighted by molar-refractivity contribution is 0.196. The summed E-state index contributed by atoms with van der Waals surface area (Å²) in [6.45, 7) is 7.58. The monoisotopic (exact) mass is 254 g/mol. The summed E-state index contributed by atoms with van der Waals surface area (Å²) in [5, 5.41) is 10.6. The van der Waals surface area contributed by atoms with Gasteiger partial charge < -0.3 is 10.0 Å². The number of piperidine rings is 1. The minimum Gasteiger partial charge on any atom is -0.393 e. The molecule has 0 aliphatic carbocycles. The van der Waals surface area contributed by atoms with E-state index >= 15 is 0 Å². The van der Waals surface area contributed by atoms with Gasteiger partial charge in [-0.05, 0) is 32.9 Å². The van der Waals surface area contributed by atoms with Crippen LogP contribution in [-0.4, -0.2) is 40.7 Å². The predicted molar refractivity (Wildman–Crippen MR) is 71.6 cm³/mol. The molecule has 2 heterocycles. The number of rotatable bonds is 4. The van der Waals surface area contributed by atoms with Gasteiger partial charge in [0.15, 0.2) is 0 Å². The van der Waals surface area contributed by atoms with Crippen LogP contribution < -0.4 is 0 Å². The van der Waals surface area contributed by atoms with Crippen LogP contribution in [0.2, 0.25) is 0 Å². The molecule has 0 radical (unpaired) electrons. The first-order valence-corrected chi connectivity index (χ1v) is 7.35. The molecular formula is C13H22N2OS. The molecule has 1 fully saturated rings. The Hall–Kier alpha value is -0.450. The summed E-state index contributed by atoms with van der Waals surface area (Å²) >= 11 is 1.78. The minimum atomic E-state index is -0.262. The maximum Gasteiger partial charge on any atom is 0.0971 e. The van der Waals surface area contributed by atoms with Crippen LogP contribution in [0.1, 0.15) is 42.5 Å². The van der Waals surface area contributed by atoms with Gasteiger partial charge in [0.1, 0.15) is 0 Å². The van der Waals surface area contributed by atoms with Gasteiger partial charge in [-0.25, -0.2) is 4.98 Å². The maximum absolute atomic E-state index is 9.38. The highest BCUT2D eigenvalue weighted by molar-refractivity contribution is 7.11. The molecule has 2 unspecified atom stereocenters. The van der Waals surface area contributed by atoms with Crippen LogP contribution in [0.3, 0.4) is 0 Å². The number of aromatic nitrogens is 1. The Morgan fingerprint density at radius 1 is 1.65 bits per heavy atom. The summed E-state index contributed by atoms with van der Waals surface area (Å²) < 4.78 is 0. The van der Waals surface area contributed by atoms with E-state index < -0.39 is 0 Å². The Morgan fingerprint density at radius 3 is 3.18 bits per heavy atom. The van der Waals surface area contributed by atoms with E-state index in [1.54, 1.807) is 11.3 Å². The van der Waals surface area contributed by atoms with Gasteiger partial charge in [-0.1, -0.05) is 6.92 Å². The van der Waals surface area contributed by atoms with Crippen LogP contribution in [0.25, 0.3) is 0 Å². The molecule has 1 saturated heterocycles. The number of aliphatic hydroxyl groups is 1. The molecule has 0 saturated carbocycles. The molecule has 0 aromatic carbocycles. The molecule has 1 aliphatic heterocycles. The number of nitrogens with zero attached hydrogens (tertiary/aromatic N) is 2. The van der Waals surface area contributed by atoms with E-state index in [0.717, 1.165) is 19.5 Å². The van der Waals surface area contributed by atoms with Crippen molar-refractivity contribution in [2.75, 3.05) is 19.6 Å². The van der Waals surface area contributed by atoms with Crippen molar-refractivity contribution >= 4 is 11.3 Å². The SMILES string of the molecule is CCN1CCCC(c2ncc(CC(C)O)s2)C1. The van der Waals surface area contributed by atoms with E-state index in [1.807, 2.05) is 13.1 Å². The highest BCUT2D eigenvalue weighted by atomic mass is 32.1. The molecule has 0 bridgehead atoms. The Morgan fingerprint density at radius 2 is 2.47 bits per heavy atom. The number of hydrogen-bond donors (Lipinski definition) is 1. The van der Waals surface area contributed by atoms with Gasteiger partial charge in [-0.15, -0.1) is 11.3 Å². The van der Waals surface area contributed by atoms with E-state index in [0.29, 0.717) is 5.92 Å². The fourth-order valence-corrected chi connectivity index (χ4v) is 3.60. The molecule has 2 atom stereocenters. The van der Waals surface area contributed by atoms with Crippen molar-refractivity contribution in [2.45, 2.75) is 45.1 Å². The Kier molecular flexibility index (Phi) is 4.54. The van der Waals surface area contributed by atoms with Crippen LogP contribution in [0.15, 0.2) is 6.20 Å². The van der Waals surface area contributed by atoms with Crippen molar-refractivity contribution in [3.8, 4) is 0 Å². The molecule has 1 aromatic heterocycles. The summed E-state index contributed by atoms with van der Waals surface area (Å²) in [7, 11) is 0. The first-order chi connectivity index (χ1) is 8.19. The second-order valence-electron chi connectivity index (χ2n) is 4.95. The van der Waals surface area contributed by atoms with Gasteiger partial charge >= 0.3 is 0 Å². The van der Waals surface area contributed by atoms with Gasteiger partial charge in [0.25, 0.3) is 0 Å². The van der Waals surface area contributed by atoms with Crippen LogP contribution in [0.4, 0.5) is 0 Å². The molecule has 4 heteroatoms. The largest absolute Gasteiger partial charge is 0.393 e. The number of hydrogen-bond acceptors (Lipinski definition) is 4. The second kappa shape index (κ2) is 5.94. The number of aliphatic hydroxyl groups excluding tert-OH is 1. The summed E-state index contributed by atoms with van der Waals surface area (Å²) in [5.41, 5.74) is 0. The number of likely N-dealkylation sites (N-methyl/N-ethyl adjacent to an activating group) is 1. The van der Waals surface area contributed by atoms with Crippen molar-refractivity contribution in [1.29, 1.82) is 0 Å². The average Bonchev–Trinajstić information content (AvgIpc) is 2.77. The summed E-state index contributed by atoms with van der Waals surface area (Å²) in [6, 6.07) is 0. The normalized spacial score (nSPS) is 23.8. The van der Waals surface area contributed by atoms with Gasteiger partial charge in [0.05, 0.1) is 11.1 Å². The molecule has 3 nitrogen and oxygen atoms in total. The third-order valence-corrected chi connectivity index (χ3v) is 4.55. The van der Waals surface area contributed by atoms with Crippen molar-refractivity contribution < 1.29 is 5.11 Å². The first-order valence-electron chi connectivity index (χ1n) is 6.54. The fourth-order valence-electron chi connectivity index (χ4n) is 2.44. The van der Waals surface area contributed by atoms with Crippen LogP contribution in [0.5, 0.6) is 0 Å². The van der Waals surface area contributed by atoms with E-state index in [4.69, 9.17) is 0 Å². The van der Waals surface area contributed by atoms with E-state index in [2.05, 4.69) is 16.8 Å². The molecule has 1 aromatic rings. The lowest BCUT2D eigenvalue weighted by Crippen LogP contribution is -2.33. The van der Waals surface area contributed by atoms with E-state index in [-0.39, 0.29) is 6.10 Å². The third-order valence-electron chi connectivity index (χ3n) is 3.37. The zero-order valence-electron chi connectivity index (χ0n) is 10.7. The average molecular weight is 254 g/mol. The standard InChI is InChI=1S/C13H22N2OS/c1-3-15-6-4-5-11(9-15)13-14-8-12(17-13)7-10(2)16/h8,10-11,16H,3-7,9H2,1-2H3. The highest BCUT2D eigenvalue weighted by Gasteiger charge is 2.22. The van der Waals surface area contributed by atoms with Crippen LogP contribution in [0, 0.1) is 0 Å². The van der Waals surface area contributed by atoms with Gasteiger partial charge in [-0.2, -0.15) is 0 Å². The lowest BCUT2D eigenvalue weighted by Gasteiger charge is -2.30. The Bertz CT molecular complexity index is 351. The van der Waals surface area contributed by atoms with Crippen molar-refractivity contribution in [2.24, 2.45) is 0 Å². The van der Waals surface area contributed by atoms with Crippen molar-refractivity contribution in [3.63, 3.8) is 0 Å². The van der Waals surface area contributed by atoms with Crippen molar-refractivity contribution in [3.05, 3.63) is 16.1 Å². The van der Waals surface area contributed by atoms with Crippen molar-refractivity contribution in [1.82, 2.24) is 9.88 Å². The molecule has 0 amide bonds. The molecular weight excluding hydrogens is 232 g/mol. The topological polar surface area (TPSA) is 36.4 Å². The lowest BCUT2D eigenvalue weighted by atomic mass is 9.99. The zero-order valence-corrected chi connectivity index (χ0v) is 11.5. The van der Waals surface area contributed by atoms with E-state index in [9.17, 15) is 5.11 Å². The summed E-state index contributed by atoms with van der Waals surface area (Å²) in [6.07, 6.45) is 4.96. The molecule has 1 N–H and O–H groups in total. The van der Waals surface area contributed by atoms with E-state index in [1.165, 1.54) is 29.3 Å². The maximum atomic E-state index is 9.38. The highest BCUT2D eigenvalue weighted by Crippen LogP contribution is 2.30. The summed E-state index contributed by atoms with van der Waals surface area (Å²) in [5.74, 6) is 0.608. The number of likely N-dealkylation sites (tertiary alicyclic amines) is 1. The number of thiazole rings is 1. The summed E-state index contributed by atoms with van der Waals surface area (Å²) in [4.78, 5) is 8.26. The smallest absolute Gasteiger partial charge is 0.0971 e. The molecule has 17 heavy (non-hydrogen) atoms. The first kappa shape index (κ1) is 13.0. The van der Waals surface area contributed by atoms with Crippen LogP contribution in [-0.2, 0) is 6.42 Å². The van der Waals surface area contributed by atoms with Gasteiger partial charge in [-0.3, -0.25) is 0 Å². The van der Waals surface area contributed by atoms with Crippen LogP contribution >= 0.6 is 11.3 Å². The fraction of sp³-hybridized carbons (Fsp3) is 0.769. The molecule has 1 aliphatic rings. The second-order valence-corrected chi connectivity index (χ2v) is 6.10. The minimum absolute atomic E-state index is 0.262. The molecule has 96 valence electrons. The molecule has 0 spiro atoms. The predicted octanol–water partition coefficient (Wildman–Crippen LogP) is 2.27. The Balaban J connectivity index is 1.99. The zero-order chi connectivity index (χ0) is 12.3. The molecule has 2 rings (SSSR count). The quantitative estimate of drug-likeness (QED) is 0.895. The Labute approximate surface area is 107 Å². The third kappa shape index (κ3) is 3.50. The van der Waals surface area contributed by atoms with Gasteiger partial charge in [0.2, 0.25) is 0 Å². The van der Waals surface area contributed by atoms with Gasteiger partial charge in [0, 0.05) is 30.0 Å².